The Morgan fingerprint density at radius 3 is 2.29 bits per heavy atom. The van der Waals surface area contributed by atoms with Crippen LogP contribution in [0.4, 0.5) is 5.69 Å². The van der Waals surface area contributed by atoms with Crippen LogP contribution in [0.5, 0.6) is 5.75 Å². The quantitative estimate of drug-likeness (QED) is 0.813. The fraction of sp³-hybridized carbons (Fsp3) is 0.222. The molecule has 2 rings (SSSR count). The first-order chi connectivity index (χ1) is 11.5. The molecule has 0 saturated heterocycles. The highest BCUT2D eigenvalue weighted by atomic mass is 35.5. The van der Waals surface area contributed by atoms with Gasteiger partial charge in [0.25, 0.3) is 5.91 Å². The lowest BCUT2D eigenvalue weighted by atomic mass is 10.1. The van der Waals surface area contributed by atoms with Crippen molar-refractivity contribution in [3.8, 4) is 5.75 Å². The van der Waals surface area contributed by atoms with Gasteiger partial charge in [0.1, 0.15) is 5.75 Å². The van der Waals surface area contributed by atoms with Gasteiger partial charge in [-0.05, 0) is 48.9 Å². The number of anilines is 1. The number of carbonyl (C=O) groups excluding carboxylic acids is 2. The lowest BCUT2D eigenvalue weighted by Gasteiger charge is -2.15. The number of esters is 1. The molecule has 0 aliphatic heterocycles. The molecule has 0 aliphatic carbocycles. The second kappa shape index (κ2) is 8.36. The van der Waals surface area contributed by atoms with Gasteiger partial charge in [0, 0.05) is 10.7 Å². The molecule has 6 heteroatoms. The van der Waals surface area contributed by atoms with E-state index in [-0.39, 0.29) is 18.3 Å². The van der Waals surface area contributed by atoms with Gasteiger partial charge in [-0.3, -0.25) is 9.59 Å². The third-order valence-electron chi connectivity index (χ3n) is 3.29. The van der Waals surface area contributed by atoms with Crippen LogP contribution < -0.4 is 10.1 Å². The molecule has 0 aromatic heterocycles. The Morgan fingerprint density at radius 2 is 1.71 bits per heavy atom. The molecule has 1 atom stereocenters. The van der Waals surface area contributed by atoms with Crippen molar-refractivity contribution < 1.29 is 19.1 Å². The van der Waals surface area contributed by atoms with E-state index in [0.717, 1.165) is 5.56 Å². The van der Waals surface area contributed by atoms with Crippen LogP contribution in [0, 0.1) is 0 Å². The summed E-state index contributed by atoms with van der Waals surface area (Å²) in [6, 6.07) is 13.8. The lowest BCUT2D eigenvalue weighted by molar-refractivity contribution is -0.139. The fourth-order valence-electron chi connectivity index (χ4n) is 1.96. The SMILES string of the molecule is COC(=O)Cc1ccc(O[C@@H](C)C(=O)Nc2ccc(Cl)cc2)cc1. The predicted molar refractivity (Wildman–Crippen MR) is 92.3 cm³/mol. The maximum Gasteiger partial charge on any atom is 0.309 e. The minimum Gasteiger partial charge on any atom is -0.481 e. The minimum atomic E-state index is -0.674. The molecule has 5 nitrogen and oxygen atoms in total. The van der Waals surface area contributed by atoms with Crippen LogP contribution in [0.1, 0.15) is 12.5 Å². The lowest BCUT2D eigenvalue weighted by Crippen LogP contribution is -2.30. The molecule has 1 N–H and O–H groups in total. The number of nitrogens with one attached hydrogen (secondary N) is 1. The van der Waals surface area contributed by atoms with Gasteiger partial charge in [0.2, 0.25) is 0 Å². The molecule has 0 bridgehead atoms. The highest BCUT2D eigenvalue weighted by Crippen LogP contribution is 2.17. The molecular formula is C18H18ClNO4. The molecule has 0 radical (unpaired) electrons. The standard InChI is InChI=1S/C18H18ClNO4/c1-12(18(22)20-15-7-5-14(19)6-8-15)24-16-9-3-13(4-10-16)11-17(21)23-2/h3-10,12H,11H2,1-2H3,(H,20,22)/t12-/m0/s1. The van der Waals surface area contributed by atoms with E-state index in [4.69, 9.17) is 16.3 Å². The number of hydrogen-bond acceptors (Lipinski definition) is 4. The number of ether oxygens (including phenoxy) is 2. The van der Waals surface area contributed by atoms with Crippen LogP contribution in [-0.4, -0.2) is 25.1 Å². The summed E-state index contributed by atoms with van der Waals surface area (Å²) < 4.78 is 10.2. The molecule has 1 amide bonds. The molecule has 0 unspecified atom stereocenters. The Bertz CT molecular complexity index is 698. The number of benzene rings is 2. The smallest absolute Gasteiger partial charge is 0.309 e. The van der Waals surface area contributed by atoms with E-state index in [1.807, 2.05) is 0 Å². The van der Waals surface area contributed by atoms with Gasteiger partial charge in [-0.2, -0.15) is 0 Å². The Hall–Kier alpha value is -2.53. The molecule has 0 fully saturated rings. The van der Waals surface area contributed by atoms with Crippen molar-refractivity contribution in [2.24, 2.45) is 0 Å². The minimum absolute atomic E-state index is 0.198. The molecule has 0 spiro atoms. The maximum atomic E-state index is 12.1. The van der Waals surface area contributed by atoms with Crippen LogP contribution >= 0.6 is 11.6 Å². The zero-order valence-corrected chi connectivity index (χ0v) is 14.2. The summed E-state index contributed by atoms with van der Waals surface area (Å²) in [5, 5.41) is 3.35. The molecule has 0 aliphatic rings. The molecule has 2 aromatic carbocycles. The summed E-state index contributed by atoms with van der Waals surface area (Å²) in [5.74, 6) is -0.0299. The average molecular weight is 348 g/mol. The molecule has 2 aromatic rings. The second-order valence-corrected chi connectivity index (χ2v) is 5.59. The van der Waals surface area contributed by atoms with Crippen molar-refractivity contribution in [1.82, 2.24) is 0 Å². The predicted octanol–water partition coefficient (Wildman–Crippen LogP) is 3.46. The second-order valence-electron chi connectivity index (χ2n) is 5.15. The van der Waals surface area contributed by atoms with E-state index in [2.05, 4.69) is 10.1 Å². The van der Waals surface area contributed by atoms with Gasteiger partial charge in [0.05, 0.1) is 13.5 Å². The zero-order chi connectivity index (χ0) is 17.5. The van der Waals surface area contributed by atoms with Crippen molar-refractivity contribution in [3.05, 3.63) is 59.1 Å². The number of rotatable bonds is 6. The number of methoxy groups -OCH3 is 1. The first-order valence-electron chi connectivity index (χ1n) is 7.37. The average Bonchev–Trinajstić information content (AvgIpc) is 2.58. The number of carbonyl (C=O) groups is 2. The van der Waals surface area contributed by atoms with Crippen LogP contribution in [0.25, 0.3) is 0 Å². The number of hydrogen-bond donors (Lipinski definition) is 1. The summed E-state index contributed by atoms with van der Waals surface area (Å²) in [6.45, 7) is 1.66. The van der Waals surface area contributed by atoms with E-state index in [1.165, 1.54) is 7.11 Å². The van der Waals surface area contributed by atoms with Gasteiger partial charge in [0.15, 0.2) is 6.10 Å². The van der Waals surface area contributed by atoms with E-state index in [9.17, 15) is 9.59 Å². The van der Waals surface area contributed by atoms with E-state index >= 15 is 0 Å². The van der Waals surface area contributed by atoms with Crippen molar-refractivity contribution in [3.63, 3.8) is 0 Å². The normalized spacial score (nSPS) is 11.5. The monoisotopic (exact) mass is 347 g/mol. The van der Waals surface area contributed by atoms with Crippen molar-refractivity contribution >= 4 is 29.2 Å². The van der Waals surface area contributed by atoms with Crippen LogP contribution in [0.2, 0.25) is 5.02 Å². The van der Waals surface area contributed by atoms with Crippen LogP contribution in [0.3, 0.4) is 0 Å². The highest BCUT2D eigenvalue weighted by Gasteiger charge is 2.15. The Labute approximate surface area is 145 Å². The number of halogens is 1. The van der Waals surface area contributed by atoms with Crippen molar-refractivity contribution in [2.45, 2.75) is 19.4 Å². The summed E-state index contributed by atoms with van der Waals surface area (Å²) >= 11 is 5.81. The Kier molecular flexibility index (Phi) is 6.21. The van der Waals surface area contributed by atoms with Gasteiger partial charge < -0.3 is 14.8 Å². The maximum absolute atomic E-state index is 12.1. The van der Waals surface area contributed by atoms with Crippen LogP contribution in [-0.2, 0) is 20.7 Å². The molecule has 126 valence electrons. The zero-order valence-electron chi connectivity index (χ0n) is 13.4. The largest absolute Gasteiger partial charge is 0.481 e. The highest BCUT2D eigenvalue weighted by molar-refractivity contribution is 6.30. The summed E-state index contributed by atoms with van der Waals surface area (Å²) in [7, 11) is 1.35. The van der Waals surface area contributed by atoms with Gasteiger partial charge in [-0.1, -0.05) is 23.7 Å². The van der Waals surface area contributed by atoms with Crippen molar-refractivity contribution in [2.75, 3.05) is 12.4 Å². The topological polar surface area (TPSA) is 64.6 Å². The van der Waals surface area contributed by atoms with Gasteiger partial charge in [-0.15, -0.1) is 0 Å². The third kappa shape index (κ3) is 5.28. The van der Waals surface area contributed by atoms with E-state index in [1.54, 1.807) is 55.5 Å². The first-order valence-corrected chi connectivity index (χ1v) is 7.74. The van der Waals surface area contributed by atoms with Crippen molar-refractivity contribution in [1.29, 1.82) is 0 Å². The molecular weight excluding hydrogens is 330 g/mol. The fourth-order valence-corrected chi connectivity index (χ4v) is 2.09. The Balaban J connectivity index is 1.91. The molecule has 0 heterocycles. The third-order valence-corrected chi connectivity index (χ3v) is 3.55. The molecule has 0 saturated carbocycles. The van der Waals surface area contributed by atoms with Gasteiger partial charge >= 0.3 is 5.97 Å². The summed E-state index contributed by atoms with van der Waals surface area (Å²) in [4.78, 5) is 23.3. The first kappa shape index (κ1) is 17.8. The van der Waals surface area contributed by atoms with E-state index < -0.39 is 6.10 Å². The van der Waals surface area contributed by atoms with Gasteiger partial charge in [-0.25, -0.2) is 0 Å². The van der Waals surface area contributed by atoms with E-state index in [0.29, 0.717) is 16.5 Å². The number of amides is 1. The summed E-state index contributed by atoms with van der Waals surface area (Å²) in [6.07, 6.45) is -0.476. The summed E-state index contributed by atoms with van der Waals surface area (Å²) in [5.41, 5.74) is 1.46. The Morgan fingerprint density at radius 1 is 1.08 bits per heavy atom. The van der Waals surface area contributed by atoms with Crippen LogP contribution in [0.15, 0.2) is 48.5 Å². The molecule has 24 heavy (non-hydrogen) atoms.